The molecule has 2 heterocycles. The highest BCUT2D eigenvalue weighted by molar-refractivity contribution is 4.99. The Morgan fingerprint density at radius 2 is 1.52 bits per heavy atom. The molecule has 0 spiro atoms. The topological polar surface area (TPSA) is 95.8 Å². The van der Waals surface area contributed by atoms with Crippen LogP contribution in [-0.2, 0) is 28.4 Å². The third-order valence-corrected chi connectivity index (χ3v) is 4.36. The van der Waals surface area contributed by atoms with Gasteiger partial charge in [0.15, 0.2) is 6.29 Å². The summed E-state index contributed by atoms with van der Waals surface area (Å²) in [4.78, 5) is 0. The van der Waals surface area contributed by atoms with Crippen LogP contribution in [0.2, 0.25) is 0 Å². The van der Waals surface area contributed by atoms with Gasteiger partial charge in [0.25, 0.3) is 0 Å². The number of methoxy groups -OCH3 is 3. The van der Waals surface area contributed by atoms with Crippen molar-refractivity contribution in [1.29, 1.82) is 0 Å². The predicted octanol–water partition coefficient (Wildman–Crippen LogP) is -0.780. The molecule has 2 aliphatic heterocycles. The van der Waals surface area contributed by atoms with E-state index in [1.54, 1.807) is 13.8 Å². The number of rotatable bonds is 4. The number of ether oxygens (including phenoxy) is 6. The summed E-state index contributed by atoms with van der Waals surface area (Å²) in [6.45, 7) is 2.97. The summed E-state index contributed by atoms with van der Waals surface area (Å²) in [5.41, 5.74) is 0. The van der Waals surface area contributed by atoms with Crippen molar-refractivity contribution in [1.82, 2.24) is 0 Å². The van der Waals surface area contributed by atoms with E-state index in [4.69, 9.17) is 28.4 Å². The highest BCUT2D eigenvalue weighted by atomic mass is 16.8. The zero-order chi connectivity index (χ0) is 15.8. The van der Waals surface area contributed by atoms with Crippen LogP contribution < -0.4 is 0 Å². The van der Waals surface area contributed by atoms with Gasteiger partial charge < -0.3 is 38.6 Å². The Morgan fingerprint density at radius 1 is 1.00 bits per heavy atom. The highest BCUT2D eigenvalue weighted by Gasteiger charge is 2.62. The van der Waals surface area contributed by atoms with E-state index in [0.717, 1.165) is 0 Å². The van der Waals surface area contributed by atoms with E-state index in [1.165, 1.54) is 21.3 Å². The van der Waals surface area contributed by atoms with Gasteiger partial charge in [-0.15, -0.1) is 0 Å². The van der Waals surface area contributed by atoms with Gasteiger partial charge in [-0.2, -0.15) is 0 Å². The Morgan fingerprint density at radius 3 is 1.95 bits per heavy atom. The molecular weight excluding hydrogens is 284 g/mol. The van der Waals surface area contributed by atoms with Gasteiger partial charge >= 0.3 is 0 Å². The molecule has 0 aromatic carbocycles. The number of fused-ring (bicyclic) bond motifs is 1. The lowest BCUT2D eigenvalue weighted by Crippen LogP contribution is -2.73. The van der Waals surface area contributed by atoms with Gasteiger partial charge in [0, 0.05) is 21.3 Å². The van der Waals surface area contributed by atoms with Crippen LogP contribution in [-0.4, -0.2) is 80.4 Å². The molecule has 8 heteroatoms. The van der Waals surface area contributed by atoms with Crippen molar-refractivity contribution >= 4 is 0 Å². The quantitative estimate of drug-likeness (QED) is 0.698. The molecule has 0 aliphatic carbocycles. The summed E-state index contributed by atoms with van der Waals surface area (Å²) in [6.07, 6.45) is -4.21. The largest absolute Gasteiger partial charge is 0.394 e. The molecule has 2 aliphatic rings. The first kappa shape index (κ1) is 17.0. The van der Waals surface area contributed by atoms with Crippen LogP contribution in [0, 0.1) is 0 Å². The molecule has 0 unspecified atom stereocenters. The van der Waals surface area contributed by atoms with Gasteiger partial charge in [-0.05, 0) is 13.8 Å². The first-order chi connectivity index (χ1) is 9.85. The van der Waals surface area contributed by atoms with Crippen LogP contribution in [0.25, 0.3) is 0 Å². The van der Waals surface area contributed by atoms with Crippen molar-refractivity contribution in [3.63, 3.8) is 0 Å². The Bertz CT molecular complexity index is 366. The van der Waals surface area contributed by atoms with Gasteiger partial charge in [0.1, 0.15) is 24.4 Å². The van der Waals surface area contributed by atoms with Crippen LogP contribution in [0.3, 0.4) is 0 Å². The predicted molar refractivity (Wildman–Crippen MR) is 69.3 cm³/mol. The van der Waals surface area contributed by atoms with E-state index in [1.807, 2.05) is 0 Å². The normalized spacial score (nSPS) is 50.7. The average molecular weight is 308 g/mol. The van der Waals surface area contributed by atoms with Crippen molar-refractivity contribution in [3.8, 4) is 0 Å². The molecule has 0 saturated carbocycles. The number of hydrogen-bond acceptors (Lipinski definition) is 8. The molecule has 7 atom stereocenters. The summed E-state index contributed by atoms with van der Waals surface area (Å²) in [7, 11) is 4.38. The number of aliphatic hydroxyl groups excluding tert-OH is 2. The minimum absolute atomic E-state index is 0.362. The van der Waals surface area contributed by atoms with Crippen molar-refractivity contribution in [2.75, 3.05) is 27.9 Å². The fraction of sp³-hybridized carbons (Fsp3) is 1.00. The second kappa shape index (κ2) is 6.05. The summed E-state index contributed by atoms with van der Waals surface area (Å²) in [5.74, 6) is -2.45. The Balaban J connectivity index is 2.33. The van der Waals surface area contributed by atoms with E-state index in [0.29, 0.717) is 0 Å². The molecule has 0 amide bonds. The highest BCUT2D eigenvalue weighted by Crippen LogP contribution is 2.43. The van der Waals surface area contributed by atoms with Crippen LogP contribution >= 0.6 is 0 Å². The summed E-state index contributed by atoms with van der Waals surface area (Å²) < 4.78 is 33.4. The Hall–Kier alpha value is -0.320. The van der Waals surface area contributed by atoms with Crippen molar-refractivity contribution in [2.45, 2.75) is 56.1 Å². The molecule has 0 radical (unpaired) electrons. The monoisotopic (exact) mass is 308 g/mol. The number of hydrogen-bond donors (Lipinski definition) is 2. The van der Waals surface area contributed by atoms with Gasteiger partial charge in [-0.3, -0.25) is 0 Å². The lowest BCUT2D eigenvalue weighted by atomic mass is 9.94. The summed E-state index contributed by atoms with van der Waals surface area (Å²) in [6, 6.07) is 0. The molecule has 0 aromatic rings. The fourth-order valence-corrected chi connectivity index (χ4v) is 2.69. The van der Waals surface area contributed by atoms with Crippen LogP contribution in [0.4, 0.5) is 0 Å². The first-order valence-corrected chi connectivity index (χ1v) is 6.79. The van der Waals surface area contributed by atoms with E-state index in [-0.39, 0.29) is 6.61 Å². The molecule has 8 nitrogen and oxygen atoms in total. The average Bonchev–Trinajstić information content (AvgIpc) is 2.50. The third-order valence-electron chi connectivity index (χ3n) is 4.36. The minimum atomic E-state index is -1.24. The van der Waals surface area contributed by atoms with Gasteiger partial charge in [0.2, 0.25) is 11.6 Å². The molecule has 2 fully saturated rings. The maximum atomic E-state index is 10.3. The van der Waals surface area contributed by atoms with Gasteiger partial charge in [-0.25, -0.2) is 0 Å². The fourth-order valence-electron chi connectivity index (χ4n) is 2.69. The molecular formula is C13H24O8. The third kappa shape index (κ3) is 2.60. The SMILES string of the molecule is CO[C@H]1O[C@H](CO)[C@@H](O)[C@@H]2O[C@@](C)(OC)[C@](C)(OC)O[C@@H]12. The van der Waals surface area contributed by atoms with E-state index in [2.05, 4.69) is 0 Å². The van der Waals surface area contributed by atoms with Crippen LogP contribution in [0.1, 0.15) is 13.8 Å². The second-order valence-corrected chi connectivity index (χ2v) is 5.42. The molecule has 124 valence electrons. The minimum Gasteiger partial charge on any atom is -0.394 e. The van der Waals surface area contributed by atoms with Crippen LogP contribution in [0.5, 0.6) is 0 Å². The Kier molecular flexibility index (Phi) is 4.91. The van der Waals surface area contributed by atoms with E-state index < -0.39 is 42.3 Å². The van der Waals surface area contributed by atoms with Crippen LogP contribution in [0.15, 0.2) is 0 Å². The lowest BCUT2D eigenvalue weighted by Gasteiger charge is -2.56. The second-order valence-electron chi connectivity index (χ2n) is 5.42. The Labute approximate surface area is 123 Å². The number of aliphatic hydroxyl groups is 2. The molecule has 0 bridgehead atoms. The maximum Gasteiger partial charge on any atom is 0.220 e. The smallest absolute Gasteiger partial charge is 0.220 e. The molecule has 2 rings (SSSR count). The molecule has 0 aromatic heterocycles. The summed E-state index contributed by atoms with van der Waals surface area (Å²) in [5, 5.41) is 19.6. The maximum absolute atomic E-state index is 10.3. The van der Waals surface area contributed by atoms with Crippen molar-refractivity contribution < 1.29 is 38.6 Å². The van der Waals surface area contributed by atoms with Crippen molar-refractivity contribution in [2.24, 2.45) is 0 Å². The van der Waals surface area contributed by atoms with E-state index in [9.17, 15) is 10.2 Å². The molecule has 21 heavy (non-hydrogen) atoms. The van der Waals surface area contributed by atoms with Gasteiger partial charge in [-0.1, -0.05) is 0 Å². The summed E-state index contributed by atoms with van der Waals surface area (Å²) >= 11 is 0. The molecule has 2 N–H and O–H groups in total. The van der Waals surface area contributed by atoms with Gasteiger partial charge in [0.05, 0.1) is 6.61 Å². The zero-order valence-electron chi connectivity index (χ0n) is 12.9. The first-order valence-electron chi connectivity index (χ1n) is 6.79. The standard InChI is InChI=1S/C13H24O8/c1-12(17-4)13(2,18-5)21-10-9(20-12)8(15)7(6-14)19-11(10)16-3/h7-11,14-15H,6H2,1-5H3/t7-,8-,9+,10-,11+,12-,13-/m1/s1. The van der Waals surface area contributed by atoms with Crippen molar-refractivity contribution in [3.05, 3.63) is 0 Å². The molecule has 2 saturated heterocycles. The van der Waals surface area contributed by atoms with E-state index >= 15 is 0 Å². The zero-order valence-corrected chi connectivity index (χ0v) is 12.9. The lowest BCUT2D eigenvalue weighted by molar-refractivity contribution is -0.483.